The first-order valence-corrected chi connectivity index (χ1v) is 9.16. The summed E-state index contributed by atoms with van der Waals surface area (Å²) in [6.07, 6.45) is 0. The van der Waals surface area contributed by atoms with Crippen molar-refractivity contribution in [2.75, 3.05) is 4.90 Å². The lowest BCUT2D eigenvalue weighted by Crippen LogP contribution is -2.32. The molecule has 1 atom stereocenters. The van der Waals surface area contributed by atoms with Gasteiger partial charge in [0, 0.05) is 11.1 Å². The maximum atomic E-state index is 13.5. The minimum absolute atomic E-state index is 0.0438. The van der Waals surface area contributed by atoms with Crippen molar-refractivity contribution in [1.82, 2.24) is 0 Å². The van der Waals surface area contributed by atoms with Crippen LogP contribution in [0.3, 0.4) is 0 Å². The Morgan fingerprint density at radius 1 is 1.04 bits per heavy atom. The minimum atomic E-state index is -0.818. The van der Waals surface area contributed by atoms with Crippen molar-refractivity contribution in [3.8, 4) is 0 Å². The van der Waals surface area contributed by atoms with Crippen molar-refractivity contribution in [2.45, 2.75) is 40.7 Å². The van der Waals surface area contributed by atoms with E-state index in [1.54, 1.807) is 26.8 Å². The molecule has 0 bridgehead atoms. The third kappa shape index (κ3) is 3.33. The van der Waals surface area contributed by atoms with E-state index in [2.05, 4.69) is 0 Å². The zero-order chi connectivity index (χ0) is 20.8. The molecule has 28 heavy (non-hydrogen) atoms. The fourth-order valence-corrected chi connectivity index (χ4v) is 3.34. The highest BCUT2D eigenvalue weighted by Crippen LogP contribution is 2.43. The van der Waals surface area contributed by atoms with Crippen LogP contribution in [0.25, 0.3) is 0 Å². The highest BCUT2D eigenvalue weighted by atomic mass is 19.1. The lowest BCUT2D eigenvalue weighted by molar-refractivity contribution is -0.123. The van der Waals surface area contributed by atoms with Crippen LogP contribution in [0.15, 0.2) is 53.8 Å². The number of hydrogen-bond donors (Lipinski definition) is 1. The fraction of sp³-hybridized carbons (Fsp3) is 0.304. The normalized spacial score (nSPS) is 17.4. The molecule has 0 saturated carbocycles. The number of anilines is 1. The van der Waals surface area contributed by atoms with Gasteiger partial charge in [-0.05, 0) is 54.8 Å². The Labute approximate surface area is 164 Å². The molecule has 0 radical (unpaired) electrons. The molecule has 1 heterocycles. The molecule has 0 aromatic heterocycles. The Kier molecular flexibility index (Phi) is 4.88. The van der Waals surface area contributed by atoms with Crippen molar-refractivity contribution in [3.05, 3.63) is 76.3 Å². The highest BCUT2D eigenvalue weighted by molar-refractivity contribution is 6.17. The Morgan fingerprint density at radius 3 is 2.18 bits per heavy atom. The van der Waals surface area contributed by atoms with Gasteiger partial charge in [0.2, 0.25) is 0 Å². The van der Waals surface area contributed by atoms with E-state index in [0.717, 1.165) is 11.1 Å². The van der Waals surface area contributed by atoms with E-state index in [1.165, 1.54) is 29.2 Å². The number of carbonyl (C=O) groups excluding carboxylic acids is 2. The van der Waals surface area contributed by atoms with Gasteiger partial charge >= 0.3 is 0 Å². The number of hydrogen-bond acceptors (Lipinski definition) is 3. The maximum absolute atomic E-state index is 13.5. The highest BCUT2D eigenvalue weighted by Gasteiger charge is 2.46. The van der Waals surface area contributed by atoms with Crippen molar-refractivity contribution in [3.63, 3.8) is 0 Å². The van der Waals surface area contributed by atoms with Gasteiger partial charge < -0.3 is 5.11 Å². The third-order valence-electron chi connectivity index (χ3n) is 5.09. The number of nitrogens with zero attached hydrogens (tertiary/aromatic N) is 1. The molecule has 0 aliphatic carbocycles. The van der Waals surface area contributed by atoms with Crippen LogP contribution in [-0.2, 0) is 9.59 Å². The van der Waals surface area contributed by atoms with E-state index >= 15 is 0 Å². The number of benzene rings is 2. The molecule has 1 aliphatic rings. The second kappa shape index (κ2) is 6.89. The topological polar surface area (TPSA) is 57.6 Å². The van der Waals surface area contributed by atoms with Crippen LogP contribution < -0.4 is 4.90 Å². The van der Waals surface area contributed by atoms with E-state index < -0.39 is 28.9 Å². The smallest absolute Gasteiger partial charge is 0.294 e. The van der Waals surface area contributed by atoms with Gasteiger partial charge in [0.05, 0.1) is 11.6 Å². The summed E-state index contributed by atoms with van der Waals surface area (Å²) in [5.41, 5.74) is 2.44. The maximum Gasteiger partial charge on any atom is 0.294 e. The van der Waals surface area contributed by atoms with Crippen LogP contribution >= 0.6 is 0 Å². The average molecular weight is 381 g/mol. The quantitative estimate of drug-likeness (QED) is 0.818. The molecule has 1 N–H and O–H groups in total. The molecule has 4 nitrogen and oxygen atoms in total. The second-order valence-electron chi connectivity index (χ2n) is 8.24. The Morgan fingerprint density at radius 2 is 1.64 bits per heavy atom. The molecular weight excluding hydrogens is 357 g/mol. The Hall–Kier alpha value is -2.95. The molecule has 1 amide bonds. The molecule has 0 fully saturated rings. The van der Waals surface area contributed by atoms with E-state index in [-0.39, 0.29) is 11.4 Å². The first kappa shape index (κ1) is 19.8. The summed E-state index contributed by atoms with van der Waals surface area (Å²) in [6, 6.07) is 10.4. The van der Waals surface area contributed by atoms with Gasteiger partial charge in [0.15, 0.2) is 11.5 Å². The molecule has 1 unspecified atom stereocenters. The second-order valence-corrected chi connectivity index (χ2v) is 8.24. The van der Waals surface area contributed by atoms with Crippen LogP contribution in [0.4, 0.5) is 10.1 Å². The van der Waals surface area contributed by atoms with Gasteiger partial charge in [-0.15, -0.1) is 0 Å². The number of ketones is 1. The number of aliphatic hydroxyl groups excluding tert-OH is 1. The zero-order valence-corrected chi connectivity index (χ0v) is 16.7. The number of halogens is 1. The monoisotopic (exact) mass is 381 g/mol. The first-order valence-electron chi connectivity index (χ1n) is 9.16. The lowest BCUT2D eigenvalue weighted by atomic mass is 9.82. The number of carbonyl (C=O) groups is 2. The lowest BCUT2D eigenvalue weighted by Gasteiger charge is -2.29. The largest absolute Gasteiger partial charge is 0.503 e. The third-order valence-corrected chi connectivity index (χ3v) is 5.09. The molecular formula is C23H24FNO3. The summed E-state index contributed by atoms with van der Waals surface area (Å²) in [7, 11) is 0. The van der Waals surface area contributed by atoms with Crippen LogP contribution in [0.5, 0.6) is 0 Å². The SMILES string of the molecule is Cc1ccc(N2C(=O)C(O)=C(C(=O)C(C)(C)C)C2c2ccc(F)cc2)cc1C. The van der Waals surface area contributed by atoms with Crippen molar-refractivity contribution < 1.29 is 19.1 Å². The van der Waals surface area contributed by atoms with Crippen molar-refractivity contribution >= 4 is 17.4 Å². The van der Waals surface area contributed by atoms with Crippen LogP contribution in [0.1, 0.15) is 43.5 Å². The number of amides is 1. The number of aliphatic hydroxyl groups is 1. The van der Waals surface area contributed by atoms with Gasteiger partial charge in [-0.25, -0.2) is 4.39 Å². The van der Waals surface area contributed by atoms with Crippen molar-refractivity contribution in [1.29, 1.82) is 0 Å². The van der Waals surface area contributed by atoms with Crippen molar-refractivity contribution in [2.24, 2.45) is 5.41 Å². The molecule has 1 aliphatic heterocycles. The number of Topliss-reactive ketones (excluding diaryl/α,β-unsaturated/α-hetero) is 1. The standard InChI is InChI=1S/C23H24FNO3/c1-13-6-11-17(12-14(13)2)25-19(15-7-9-16(24)10-8-15)18(20(26)22(25)28)21(27)23(3,4)5/h6-12,19,26H,1-5H3. The summed E-state index contributed by atoms with van der Waals surface area (Å²) in [4.78, 5) is 27.5. The molecule has 3 rings (SSSR count). The number of aryl methyl sites for hydroxylation is 2. The first-order chi connectivity index (χ1) is 13.0. The summed E-state index contributed by atoms with van der Waals surface area (Å²) < 4.78 is 13.5. The van der Waals surface area contributed by atoms with E-state index in [0.29, 0.717) is 11.3 Å². The molecule has 0 spiro atoms. The molecule has 2 aromatic rings. The summed E-state index contributed by atoms with van der Waals surface area (Å²) in [5.74, 6) is -1.92. The van der Waals surface area contributed by atoms with Gasteiger partial charge in [-0.2, -0.15) is 0 Å². The Balaban J connectivity index is 2.22. The fourth-order valence-electron chi connectivity index (χ4n) is 3.34. The molecule has 0 saturated heterocycles. The molecule has 5 heteroatoms. The molecule has 2 aromatic carbocycles. The van der Waals surface area contributed by atoms with E-state index in [1.807, 2.05) is 26.0 Å². The minimum Gasteiger partial charge on any atom is -0.503 e. The summed E-state index contributed by atoms with van der Waals surface area (Å²) in [5, 5.41) is 10.6. The average Bonchev–Trinajstić information content (AvgIpc) is 2.88. The van der Waals surface area contributed by atoms with Crippen LogP contribution in [-0.4, -0.2) is 16.8 Å². The molecule has 146 valence electrons. The van der Waals surface area contributed by atoms with Gasteiger partial charge in [0.1, 0.15) is 5.82 Å². The zero-order valence-electron chi connectivity index (χ0n) is 16.7. The van der Waals surface area contributed by atoms with Gasteiger partial charge in [0.25, 0.3) is 5.91 Å². The number of rotatable bonds is 3. The van der Waals surface area contributed by atoms with Crippen LogP contribution in [0, 0.1) is 25.1 Å². The predicted octanol–water partition coefficient (Wildman–Crippen LogP) is 4.96. The van der Waals surface area contributed by atoms with Crippen LogP contribution in [0.2, 0.25) is 0 Å². The van der Waals surface area contributed by atoms with E-state index in [4.69, 9.17) is 0 Å². The predicted molar refractivity (Wildman–Crippen MR) is 107 cm³/mol. The van der Waals surface area contributed by atoms with Gasteiger partial charge in [-0.3, -0.25) is 14.5 Å². The summed E-state index contributed by atoms with van der Waals surface area (Å²) >= 11 is 0. The summed E-state index contributed by atoms with van der Waals surface area (Å²) in [6.45, 7) is 9.11. The Bertz CT molecular complexity index is 984. The van der Waals surface area contributed by atoms with Gasteiger partial charge in [-0.1, -0.05) is 39.0 Å². The van der Waals surface area contributed by atoms with E-state index in [9.17, 15) is 19.1 Å².